The number of hydrogen-bond acceptors (Lipinski definition) is 2. The summed E-state index contributed by atoms with van der Waals surface area (Å²) in [6.07, 6.45) is 2.24. The molecule has 0 radical (unpaired) electrons. The predicted molar refractivity (Wildman–Crippen MR) is 78.2 cm³/mol. The average molecular weight is 260 g/mol. The van der Waals surface area contributed by atoms with E-state index >= 15 is 0 Å². The summed E-state index contributed by atoms with van der Waals surface area (Å²) in [5, 5.41) is 0. The van der Waals surface area contributed by atoms with Gasteiger partial charge in [0.25, 0.3) is 5.91 Å². The number of hydrogen-bond donors (Lipinski definition) is 1. The van der Waals surface area contributed by atoms with Crippen LogP contribution in [0.25, 0.3) is 0 Å². The van der Waals surface area contributed by atoms with E-state index in [0.717, 1.165) is 24.1 Å². The Balaban J connectivity index is 2.29. The highest BCUT2D eigenvalue weighted by molar-refractivity contribution is 5.96. The summed E-state index contributed by atoms with van der Waals surface area (Å²) in [7, 11) is 0. The van der Waals surface area contributed by atoms with Crippen LogP contribution in [-0.4, -0.2) is 29.9 Å². The standard InChI is InChI=1S/C16H24N2O/c1-11-6-4-8-14(13(11)3)16(19)18-9-5-7-12(2)15(18)10-17/h4,6,8,12,15H,5,7,9-10,17H2,1-3H3. The summed E-state index contributed by atoms with van der Waals surface area (Å²) < 4.78 is 0. The molecular weight excluding hydrogens is 236 g/mol. The Kier molecular flexibility index (Phi) is 4.25. The molecule has 1 aromatic carbocycles. The molecule has 1 aliphatic heterocycles. The molecule has 3 nitrogen and oxygen atoms in total. The molecule has 1 saturated heterocycles. The van der Waals surface area contributed by atoms with Gasteiger partial charge in [0, 0.05) is 24.7 Å². The Morgan fingerprint density at radius 2 is 2.16 bits per heavy atom. The zero-order valence-electron chi connectivity index (χ0n) is 12.1. The van der Waals surface area contributed by atoms with Crippen LogP contribution in [0.2, 0.25) is 0 Å². The van der Waals surface area contributed by atoms with Crippen molar-refractivity contribution in [2.75, 3.05) is 13.1 Å². The first-order valence-electron chi connectivity index (χ1n) is 7.13. The maximum absolute atomic E-state index is 12.8. The molecule has 19 heavy (non-hydrogen) atoms. The molecule has 3 heteroatoms. The van der Waals surface area contributed by atoms with Gasteiger partial charge in [-0.05, 0) is 49.8 Å². The molecule has 2 atom stereocenters. The van der Waals surface area contributed by atoms with E-state index in [1.54, 1.807) is 0 Å². The molecule has 2 rings (SSSR count). The van der Waals surface area contributed by atoms with Crippen molar-refractivity contribution in [3.05, 3.63) is 34.9 Å². The van der Waals surface area contributed by atoms with Gasteiger partial charge in [-0.1, -0.05) is 19.1 Å². The van der Waals surface area contributed by atoms with Crippen molar-refractivity contribution in [3.63, 3.8) is 0 Å². The van der Waals surface area contributed by atoms with Crippen LogP contribution in [0.4, 0.5) is 0 Å². The van der Waals surface area contributed by atoms with E-state index in [0.29, 0.717) is 12.5 Å². The summed E-state index contributed by atoms with van der Waals surface area (Å²) in [4.78, 5) is 14.7. The summed E-state index contributed by atoms with van der Waals surface area (Å²) in [5.74, 6) is 0.635. The van der Waals surface area contributed by atoms with Gasteiger partial charge in [-0.25, -0.2) is 0 Å². The minimum atomic E-state index is 0.142. The predicted octanol–water partition coefficient (Wildman–Crippen LogP) is 2.50. The molecule has 2 N–H and O–H groups in total. The lowest BCUT2D eigenvalue weighted by molar-refractivity contribution is 0.0531. The van der Waals surface area contributed by atoms with E-state index in [-0.39, 0.29) is 11.9 Å². The molecule has 1 aliphatic rings. The van der Waals surface area contributed by atoms with Gasteiger partial charge in [-0.3, -0.25) is 4.79 Å². The van der Waals surface area contributed by atoms with Crippen molar-refractivity contribution in [3.8, 4) is 0 Å². The number of piperidine rings is 1. The van der Waals surface area contributed by atoms with E-state index in [2.05, 4.69) is 6.92 Å². The van der Waals surface area contributed by atoms with Gasteiger partial charge in [0.2, 0.25) is 0 Å². The molecule has 0 bridgehead atoms. The minimum absolute atomic E-state index is 0.142. The van der Waals surface area contributed by atoms with Gasteiger partial charge >= 0.3 is 0 Å². The van der Waals surface area contributed by atoms with Gasteiger partial charge < -0.3 is 10.6 Å². The molecule has 0 saturated carbocycles. The Bertz CT molecular complexity index is 470. The van der Waals surface area contributed by atoms with Crippen molar-refractivity contribution in [2.24, 2.45) is 11.7 Å². The second-order valence-corrected chi connectivity index (χ2v) is 5.67. The van der Waals surface area contributed by atoms with Crippen LogP contribution in [0.5, 0.6) is 0 Å². The maximum atomic E-state index is 12.8. The lowest BCUT2D eigenvalue weighted by Gasteiger charge is -2.39. The summed E-state index contributed by atoms with van der Waals surface area (Å²) >= 11 is 0. The fourth-order valence-electron chi connectivity index (χ4n) is 3.00. The number of nitrogens with two attached hydrogens (primary N) is 1. The second-order valence-electron chi connectivity index (χ2n) is 5.67. The first kappa shape index (κ1) is 14.1. The quantitative estimate of drug-likeness (QED) is 0.888. The molecule has 2 unspecified atom stereocenters. The fourth-order valence-corrected chi connectivity index (χ4v) is 3.00. The van der Waals surface area contributed by atoms with Crippen molar-refractivity contribution < 1.29 is 4.79 Å². The van der Waals surface area contributed by atoms with Gasteiger partial charge in [0.15, 0.2) is 0 Å². The zero-order chi connectivity index (χ0) is 14.0. The summed E-state index contributed by atoms with van der Waals surface area (Å²) in [5.41, 5.74) is 8.95. The SMILES string of the molecule is Cc1cccc(C(=O)N2CCCC(C)C2CN)c1C. The van der Waals surface area contributed by atoms with E-state index in [1.165, 1.54) is 12.0 Å². The molecule has 1 fully saturated rings. The van der Waals surface area contributed by atoms with Crippen molar-refractivity contribution in [1.82, 2.24) is 4.90 Å². The number of likely N-dealkylation sites (tertiary alicyclic amines) is 1. The van der Waals surface area contributed by atoms with Crippen LogP contribution >= 0.6 is 0 Å². The summed E-state index contributed by atoms with van der Waals surface area (Å²) in [6.45, 7) is 7.65. The van der Waals surface area contributed by atoms with Crippen LogP contribution in [0, 0.1) is 19.8 Å². The minimum Gasteiger partial charge on any atom is -0.334 e. The van der Waals surface area contributed by atoms with Crippen LogP contribution in [0.1, 0.15) is 41.3 Å². The van der Waals surface area contributed by atoms with Crippen LogP contribution in [0.15, 0.2) is 18.2 Å². The number of amides is 1. The third kappa shape index (κ3) is 2.66. The smallest absolute Gasteiger partial charge is 0.254 e. The number of carbonyl (C=O) groups excluding carboxylic acids is 1. The Hall–Kier alpha value is -1.35. The second kappa shape index (κ2) is 5.74. The maximum Gasteiger partial charge on any atom is 0.254 e. The molecule has 1 aromatic rings. The zero-order valence-corrected chi connectivity index (χ0v) is 12.1. The Morgan fingerprint density at radius 3 is 2.84 bits per heavy atom. The normalized spacial score (nSPS) is 23.5. The van der Waals surface area contributed by atoms with Crippen molar-refractivity contribution >= 4 is 5.91 Å². The van der Waals surface area contributed by atoms with Gasteiger partial charge in [0.05, 0.1) is 0 Å². The Labute approximate surface area is 115 Å². The number of nitrogens with zero attached hydrogens (tertiary/aromatic N) is 1. The lowest BCUT2D eigenvalue weighted by Crippen LogP contribution is -2.51. The third-order valence-corrected chi connectivity index (χ3v) is 4.45. The van der Waals surface area contributed by atoms with Gasteiger partial charge in [-0.15, -0.1) is 0 Å². The van der Waals surface area contributed by atoms with E-state index in [9.17, 15) is 4.79 Å². The fraction of sp³-hybridized carbons (Fsp3) is 0.562. The third-order valence-electron chi connectivity index (χ3n) is 4.45. The molecule has 0 aromatic heterocycles. The van der Waals surface area contributed by atoms with Crippen molar-refractivity contribution in [2.45, 2.75) is 39.7 Å². The van der Waals surface area contributed by atoms with Crippen LogP contribution in [0.3, 0.4) is 0 Å². The molecular formula is C16H24N2O. The number of carbonyl (C=O) groups is 1. The van der Waals surface area contributed by atoms with Crippen LogP contribution < -0.4 is 5.73 Å². The van der Waals surface area contributed by atoms with E-state index < -0.39 is 0 Å². The number of benzene rings is 1. The first-order valence-corrected chi connectivity index (χ1v) is 7.13. The summed E-state index contributed by atoms with van der Waals surface area (Å²) in [6, 6.07) is 6.12. The molecule has 104 valence electrons. The molecule has 0 spiro atoms. The lowest BCUT2D eigenvalue weighted by atomic mass is 9.89. The molecule has 0 aliphatic carbocycles. The molecule has 1 heterocycles. The van der Waals surface area contributed by atoms with E-state index in [4.69, 9.17) is 5.73 Å². The Morgan fingerprint density at radius 1 is 1.42 bits per heavy atom. The highest BCUT2D eigenvalue weighted by Gasteiger charge is 2.31. The highest BCUT2D eigenvalue weighted by Crippen LogP contribution is 2.25. The number of rotatable bonds is 2. The van der Waals surface area contributed by atoms with Gasteiger partial charge in [-0.2, -0.15) is 0 Å². The highest BCUT2D eigenvalue weighted by atomic mass is 16.2. The van der Waals surface area contributed by atoms with Crippen molar-refractivity contribution in [1.29, 1.82) is 0 Å². The topological polar surface area (TPSA) is 46.3 Å². The first-order chi connectivity index (χ1) is 9.06. The van der Waals surface area contributed by atoms with Crippen LogP contribution in [-0.2, 0) is 0 Å². The van der Waals surface area contributed by atoms with E-state index in [1.807, 2.05) is 36.9 Å². The average Bonchev–Trinajstić information content (AvgIpc) is 2.41. The number of aryl methyl sites for hydroxylation is 1. The largest absolute Gasteiger partial charge is 0.334 e. The molecule has 1 amide bonds. The monoisotopic (exact) mass is 260 g/mol. The van der Waals surface area contributed by atoms with Gasteiger partial charge in [0.1, 0.15) is 0 Å².